The Hall–Kier alpha value is -1.71. The van der Waals surface area contributed by atoms with Crippen LogP contribution in [0.15, 0.2) is 24.8 Å². The van der Waals surface area contributed by atoms with Gasteiger partial charge in [0.2, 0.25) is 0 Å². The highest BCUT2D eigenvalue weighted by atomic mass is 15.3. The van der Waals surface area contributed by atoms with Crippen LogP contribution in [0, 0.1) is 0 Å². The second-order valence-electron chi connectivity index (χ2n) is 3.81. The molecule has 4 nitrogen and oxygen atoms in total. The third-order valence-electron chi connectivity index (χ3n) is 2.37. The van der Waals surface area contributed by atoms with Crippen molar-refractivity contribution in [3.63, 3.8) is 0 Å². The van der Waals surface area contributed by atoms with E-state index < -0.39 is 0 Å². The molecule has 0 bridgehead atoms. The Bertz CT molecular complexity index is 445. The molecule has 0 fully saturated rings. The first-order valence-corrected chi connectivity index (χ1v) is 4.98. The van der Waals surface area contributed by atoms with Crippen molar-refractivity contribution in [1.82, 2.24) is 19.7 Å². The molecule has 0 N–H and O–H groups in total. The standard InChI is InChI=1S/C11H14N4/c1-8(2)11-9(6-14-15(11)3)10-7-12-4-5-13-10/h4-8H,1-3H3. The van der Waals surface area contributed by atoms with Crippen molar-refractivity contribution in [1.29, 1.82) is 0 Å². The summed E-state index contributed by atoms with van der Waals surface area (Å²) in [5, 5.41) is 4.26. The molecule has 0 amide bonds. The fourth-order valence-corrected chi connectivity index (χ4v) is 1.77. The van der Waals surface area contributed by atoms with Crippen molar-refractivity contribution in [3.05, 3.63) is 30.5 Å². The number of hydrogen-bond acceptors (Lipinski definition) is 3. The fourth-order valence-electron chi connectivity index (χ4n) is 1.77. The molecule has 0 saturated carbocycles. The average molecular weight is 202 g/mol. The smallest absolute Gasteiger partial charge is 0.0919 e. The normalized spacial score (nSPS) is 10.9. The SMILES string of the molecule is CC(C)c1c(-c2cnccn2)cnn1C. The summed E-state index contributed by atoms with van der Waals surface area (Å²) >= 11 is 0. The van der Waals surface area contributed by atoms with Crippen molar-refractivity contribution in [3.8, 4) is 11.3 Å². The largest absolute Gasteiger partial charge is 0.272 e. The Labute approximate surface area is 89.0 Å². The highest BCUT2D eigenvalue weighted by Gasteiger charge is 2.14. The van der Waals surface area contributed by atoms with Crippen molar-refractivity contribution in [2.45, 2.75) is 19.8 Å². The minimum atomic E-state index is 0.425. The van der Waals surface area contributed by atoms with Gasteiger partial charge in [-0.2, -0.15) is 5.10 Å². The van der Waals surface area contributed by atoms with E-state index in [0.717, 1.165) is 11.3 Å². The molecule has 0 aliphatic rings. The van der Waals surface area contributed by atoms with Crippen LogP contribution in [0.4, 0.5) is 0 Å². The number of aryl methyl sites for hydroxylation is 1. The van der Waals surface area contributed by atoms with Crippen LogP contribution in [0.1, 0.15) is 25.5 Å². The molecule has 0 aromatic carbocycles. The summed E-state index contributed by atoms with van der Waals surface area (Å²) in [4.78, 5) is 8.36. The van der Waals surface area contributed by atoms with Crippen LogP contribution in [0.25, 0.3) is 11.3 Å². The maximum Gasteiger partial charge on any atom is 0.0919 e. The second kappa shape index (κ2) is 3.81. The first-order chi connectivity index (χ1) is 7.20. The number of aromatic nitrogens is 4. The lowest BCUT2D eigenvalue weighted by Crippen LogP contribution is -2.01. The van der Waals surface area contributed by atoms with Gasteiger partial charge in [0.25, 0.3) is 0 Å². The Morgan fingerprint density at radius 3 is 2.60 bits per heavy atom. The van der Waals surface area contributed by atoms with Gasteiger partial charge in [0.15, 0.2) is 0 Å². The van der Waals surface area contributed by atoms with E-state index in [-0.39, 0.29) is 0 Å². The molecule has 0 spiro atoms. The minimum absolute atomic E-state index is 0.425. The molecule has 0 saturated heterocycles. The molecule has 2 rings (SSSR count). The first kappa shape index (κ1) is 9.83. The summed E-state index contributed by atoms with van der Waals surface area (Å²) in [6.07, 6.45) is 6.99. The molecule has 0 unspecified atom stereocenters. The molecule has 2 aromatic heterocycles. The van der Waals surface area contributed by atoms with Crippen LogP contribution >= 0.6 is 0 Å². The van der Waals surface area contributed by atoms with Crippen molar-refractivity contribution < 1.29 is 0 Å². The van der Waals surface area contributed by atoms with Crippen LogP contribution in [0.2, 0.25) is 0 Å². The van der Waals surface area contributed by atoms with E-state index in [1.165, 1.54) is 5.69 Å². The lowest BCUT2D eigenvalue weighted by molar-refractivity contribution is 0.670. The molecule has 0 atom stereocenters. The molecule has 2 aromatic rings. The molecule has 0 aliphatic heterocycles. The molecule has 0 aliphatic carbocycles. The summed E-state index contributed by atoms with van der Waals surface area (Å²) in [5.41, 5.74) is 3.14. The zero-order valence-electron chi connectivity index (χ0n) is 9.18. The molecular weight excluding hydrogens is 188 g/mol. The number of rotatable bonds is 2. The van der Waals surface area contributed by atoms with Gasteiger partial charge in [0.05, 0.1) is 23.8 Å². The van der Waals surface area contributed by atoms with Gasteiger partial charge >= 0.3 is 0 Å². The van der Waals surface area contributed by atoms with E-state index in [1.807, 2.05) is 17.9 Å². The summed E-state index contributed by atoms with van der Waals surface area (Å²) < 4.78 is 1.90. The summed E-state index contributed by atoms with van der Waals surface area (Å²) in [6, 6.07) is 0. The van der Waals surface area contributed by atoms with Gasteiger partial charge in [-0.05, 0) is 5.92 Å². The highest BCUT2D eigenvalue weighted by Crippen LogP contribution is 2.26. The van der Waals surface area contributed by atoms with E-state index >= 15 is 0 Å². The lowest BCUT2D eigenvalue weighted by Gasteiger charge is -2.08. The van der Waals surface area contributed by atoms with Gasteiger partial charge in [-0.3, -0.25) is 14.6 Å². The van der Waals surface area contributed by atoms with Crippen molar-refractivity contribution in [2.24, 2.45) is 7.05 Å². The van der Waals surface area contributed by atoms with Crippen LogP contribution in [0.5, 0.6) is 0 Å². The van der Waals surface area contributed by atoms with Gasteiger partial charge < -0.3 is 0 Å². The van der Waals surface area contributed by atoms with E-state index in [9.17, 15) is 0 Å². The van der Waals surface area contributed by atoms with E-state index in [2.05, 4.69) is 28.9 Å². The van der Waals surface area contributed by atoms with Crippen molar-refractivity contribution >= 4 is 0 Å². The minimum Gasteiger partial charge on any atom is -0.272 e. The van der Waals surface area contributed by atoms with Crippen LogP contribution < -0.4 is 0 Å². The van der Waals surface area contributed by atoms with Gasteiger partial charge in [0.1, 0.15) is 0 Å². The van der Waals surface area contributed by atoms with E-state index in [4.69, 9.17) is 0 Å². The van der Waals surface area contributed by atoms with Gasteiger partial charge in [-0.15, -0.1) is 0 Å². The Morgan fingerprint density at radius 2 is 2.00 bits per heavy atom. The van der Waals surface area contributed by atoms with Gasteiger partial charge in [0, 0.05) is 25.0 Å². The molecule has 78 valence electrons. The highest BCUT2D eigenvalue weighted by molar-refractivity contribution is 5.60. The molecule has 0 radical (unpaired) electrons. The Morgan fingerprint density at radius 1 is 1.20 bits per heavy atom. The number of hydrogen-bond donors (Lipinski definition) is 0. The molecular formula is C11H14N4. The quantitative estimate of drug-likeness (QED) is 0.748. The van der Waals surface area contributed by atoms with Crippen molar-refractivity contribution in [2.75, 3.05) is 0 Å². The summed E-state index contributed by atoms with van der Waals surface area (Å²) in [7, 11) is 1.95. The zero-order valence-corrected chi connectivity index (χ0v) is 9.18. The number of nitrogens with zero attached hydrogens (tertiary/aromatic N) is 4. The zero-order chi connectivity index (χ0) is 10.8. The van der Waals surface area contributed by atoms with Crippen LogP contribution in [-0.4, -0.2) is 19.7 Å². The third kappa shape index (κ3) is 1.75. The van der Waals surface area contributed by atoms with Gasteiger partial charge in [-0.25, -0.2) is 0 Å². The van der Waals surface area contributed by atoms with Crippen LogP contribution in [-0.2, 0) is 7.05 Å². The molecule has 2 heterocycles. The first-order valence-electron chi connectivity index (χ1n) is 4.98. The predicted molar refractivity (Wildman–Crippen MR) is 58.3 cm³/mol. The lowest BCUT2D eigenvalue weighted by atomic mass is 10.0. The fraction of sp³-hybridized carbons (Fsp3) is 0.364. The summed E-state index contributed by atoms with van der Waals surface area (Å²) in [6.45, 7) is 4.30. The second-order valence-corrected chi connectivity index (χ2v) is 3.81. The van der Waals surface area contributed by atoms with E-state index in [0.29, 0.717) is 5.92 Å². The third-order valence-corrected chi connectivity index (χ3v) is 2.37. The predicted octanol–water partition coefficient (Wildman–Crippen LogP) is 2.00. The maximum absolute atomic E-state index is 4.29. The molecule has 15 heavy (non-hydrogen) atoms. The summed E-state index contributed by atoms with van der Waals surface area (Å²) in [5.74, 6) is 0.425. The molecule has 4 heteroatoms. The average Bonchev–Trinajstić information content (AvgIpc) is 2.61. The monoisotopic (exact) mass is 202 g/mol. The Kier molecular flexibility index (Phi) is 2.49. The maximum atomic E-state index is 4.29. The van der Waals surface area contributed by atoms with Crippen LogP contribution in [0.3, 0.4) is 0 Å². The Balaban J connectivity index is 2.54. The van der Waals surface area contributed by atoms with Gasteiger partial charge in [-0.1, -0.05) is 13.8 Å². The topological polar surface area (TPSA) is 43.6 Å². The van der Waals surface area contributed by atoms with E-state index in [1.54, 1.807) is 18.6 Å².